The van der Waals surface area contributed by atoms with E-state index in [1.807, 2.05) is 39.0 Å². The lowest BCUT2D eigenvalue weighted by atomic mass is 10.2. The van der Waals surface area contributed by atoms with Crippen LogP contribution in [0, 0.1) is 0 Å². The van der Waals surface area contributed by atoms with Gasteiger partial charge in [0.1, 0.15) is 11.5 Å². The minimum absolute atomic E-state index is 0.493. The van der Waals surface area contributed by atoms with Crippen molar-refractivity contribution in [2.75, 3.05) is 19.8 Å². The van der Waals surface area contributed by atoms with Gasteiger partial charge in [0, 0.05) is 18.2 Å². The van der Waals surface area contributed by atoms with Gasteiger partial charge in [-0.15, -0.1) is 0 Å². The predicted octanol–water partition coefficient (Wildman–Crippen LogP) is 2.30. The van der Waals surface area contributed by atoms with Crippen molar-refractivity contribution in [2.24, 2.45) is 5.10 Å². The largest absolute Gasteiger partial charge is 0.494 e. The van der Waals surface area contributed by atoms with Crippen LogP contribution in [0.25, 0.3) is 0 Å². The molecule has 0 amide bonds. The smallest absolute Gasteiger partial charge is 0.186 e. The summed E-state index contributed by atoms with van der Waals surface area (Å²) in [6.07, 6.45) is 1.67. The van der Waals surface area contributed by atoms with Gasteiger partial charge in [-0.05, 0) is 45.1 Å². The third kappa shape index (κ3) is 5.44. The van der Waals surface area contributed by atoms with Gasteiger partial charge >= 0.3 is 0 Å². The summed E-state index contributed by atoms with van der Waals surface area (Å²) in [5, 5.41) is 7.53. The SMILES string of the molecule is CCNC(=S)N/N=C/c1ccc(OCC)cc1OCC. The van der Waals surface area contributed by atoms with E-state index in [0.717, 1.165) is 23.6 Å². The fourth-order valence-corrected chi connectivity index (χ4v) is 1.72. The number of hydrogen-bond acceptors (Lipinski definition) is 4. The standard InChI is InChI=1S/C14H21N3O2S/c1-4-15-14(20)17-16-10-11-7-8-12(18-5-2)9-13(11)19-6-3/h7-10H,4-6H2,1-3H3,(H2,15,17,20)/b16-10+. The molecule has 6 heteroatoms. The van der Waals surface area contributed by atoms with Crippen LogP contribution >= 0.6 is 12.2 Å². The maximum atomic E-state index is 5.58. The third-order valence-corrected chi connectivity index (χ3v) is 2.54. The zero-order valence-electron chi connectivity index (χ0n) is 12.1. The molecule has 0 bridgehead atoms. The highest BCUT2D eigenvalue weighted by Crippen LogP contribution is 2.23. The van der Waals surface area contributed by atoms with Gasteiger partial charge in [-0.2, -0.15) is 5.10 Å². The highest BCUT2D eigenvalue weighted by Gasteiger charge is 2.04. The second-order valence-electron chi connectivity index (χ2n) is 3.80. The Kier molecular flexibility index (Phi) is 7.42. The van der Waals surface area contributed by atoms with Crippen LogP contribution in [0.15, 0.2) is 23.3 Å². The molecule has 0 aliphatic carbocycles. The lowest BCUT2D eigenvalue weighted by Crippen LogP contribution is -2.31. The molecule has 1 rings (SSSR count). The molecule has 0 saturated carbocycles. The van der Waals surface area contributed by atoms with E-state index in [-0.39, 0.29) is 0 Å². The van der Waals surface area contributed by atoms with E-state index in [4.69, 9.17) is 21.7 Å². The maximum absolute atomic E-state index is 5.58. The minimum Gasteiger partial charge on any atom is -0.494 e. The summed E-state index contributed by atoms with van der Waals surface area (Å²) in [6, 6.07) is 5.64. The molecular weight excluding hydrogens is 274 g/mol. The number of hydrogen-bond donors (Lipinski definition) is 2. The first-order valence-corrected chi connectivity index (χ1v) is 7.08. The van der Waals surface area contributed by atoms with E-state index < -0.39 is 0 Å². The number of hydrazone groups is 1. The summed E-state index contributed by atoms with van der Waals surface area (Å²) >= 11 is 5.02. The number of thiocarbonyl (C=S) groups is 1. The van der Waals surface area contributed by atoms with Crippen molar-refractivity contribution in [3.8, 4) is 11.5 Å². The van der Waals surface area contributed by atoms with Gasteiger partial charge in [0.25, 0.3) is 0 Å². The van der Waals surface area contributed by atoms with Gasteiger partial charge in [0.05, 0.1) is 19.4 Å². The molecule has 20 heavy (non-hydrogen) atoms. The Labute approximate surface area is 125 Å². The molecule has 0 spiro atoms. The molecule has 0 unspecified atom stereocenters. The number of ether oxygens (including phenoxy) is 2. The molecule has 0 heterocycles. The molecule has 1 aromatic carbocycles. The molecule has 5 nitrogen and oxygen atoms in total. The van der Waals surface area contributed by atoms with Gasteiger partial charge in [-0.1, -0.05) is 0 Å². The van der Waals surface area contributed by atoms with E-state index in [2.05, 4.69) is 15.8 Å². The molecule has 0 aliphatic rings. The van der Waals surface area contributed by atoms with Crippen molar-refractivity contribution in [2.45, 2.75) is 20.8 Å². The van der Waals surface area contributed by atoms with Crippen LogP contribution in [-0.4, -0.2) is 31.1 Å². The van der Waals surface area contributed by atoms with Crippen LogP contribution in [-0.2, 0) is 0 Å². The monoisotopic (exact) mass is 295 g/mol. The minimum atomic E-state index is 0.493. The summed E-state index contributed by atoms with van der Waals surface area (Å²) in [7, 11) is 0. The van der Waals surface area contributed by atoms with E-state index in [1.54, 1.807) is 6.21 Å². The Bertz CT molecular complexity index is 464. The second-order valence-corrected chi connectivity index (χ2v) is 4.20. The van der Waals surface area contributed by atoms with Crippen LogP contribution < -0.4 is 20.2 Å². The summed E-state index contributed by atoms with van der Waals surface area (Å²) in [5.41, 5.74) is 3.61. The van der Waals surface area contributed by atoms with Crippen molar-refractivity contribution < 1.29 is 9.47 Å². The first kappa shape index (κ1) is 16.2. The molecule has 0 aromatic heterocycles. The van der Waals surface area contributed by atoms with E-state index >= 15 is 0 Å². The summed E-state index contributed by atoms with van der Waals surface area (Å²) < 4.78 is 11.0. The molecule has 0 radical (unpaired) electrons. The highest BCUT2D eigenvalue weighted by molar-refractivity contribution is 7.80. The van der Waals surface area contributed by atoms with Crippen molar-refractivity contribution in [3.05, 3.63) is 23.8 Å². The normalized spacial score (nSPS) is 10.3. The lowest BCUT2D eigenvalue weighted by Gasteiger charge is -2.10. The van der Waals surface area contributed by atoms with E-state index in [9.17, 15) is 0 Å². The second kappa shape index (κ2) is 9.14. The third-order valence-electron chi connectivity index (χ3n) is 2.30. The number of nitrogens with one attached hydrogen (secondary N) is 2. The Hall–Kier alpha value is -1.82. The van der Waals surface area contributed by atoms with Gasteiger partial charge < -0.3 is 14.8 Å². The van der Waals surface area contributed by atoms with Crippen molar-refractivity contribution in [1.29, 1.82) is 0 Å². The highest BCUT2D eigenvalue weighted by atomic mass is 32.1. The van der Waals surface area contributed by atoms with Crippen LogP contribution in [0.1, 0.15) is 26.3 Å². The van der Waals surface area contributed by atoms with Crippen LogP contribution in [0.5, 0.6) is 11.5 Å². The predicted molar refractivity (Wildman–Crippen MR) is 85.8 cm³/mol. The average Bonchev–Trinajstić information content (AvgIpc) is 2.42. The summed E-state index contributed by atoms with van der Waals surface area (Å²) in [5.74, 6) is 1.52. The quantitative estimate of drug-likeness (QED) is 0.459. The van der Waals surface area contributed by atoms with Gasteiger partial charge in [-0.3, -0.25) is 5.43 Å². The molecule has 110 valence electrons. The lowest BCUT2D eigenvalue weighted by molar-refractivity contribution is 0.323. The summed E-state index contributed by atoms with van der Waals surface area (Å²) in [4.78, 5) is 0. The number of rotatable bonds is 7. The Balaban J connectivity index is 2.77. The fourth-order valence-electron chi connectivity index (χ4n) is 1.52. The number of benzene rings is 1. The number of nitrogens with zero attached hydrogens (tertiary/aromatic N) is 1. The average molecular weight is 295 g/mol. The van der Waals surface area contributed by atoms with Crippen LogP contribution in [0.2, 0.25) is 0 Å². The molecule has 0 fully saturated rings. The Morgan fingerprint density at radius 1 is 1.25 bits per heavy atom. The van der Waals surface area contributed by atoms with E-state index in [1.165, 1.54) is 0 Å². The molecule has 2 N–H and O–H groups in total. The molecule has 1 aromatic rings. The Morgan fingerprint density at radius 3 is 2.65 bits per heavy atom. The maximum Gasteiger partial charge on any atom is 0.186 e. The van der Waals surface area contributed by atoms with Gasteiger partial charge in [0.15, 0.2) is 5.11 Å². The summed E-state index contributed by atoms with van der Waals surface area (Å²) in [6.45, 7) is 7.82. The first-order chi connectivity index (χ1) is 9.71. The van der Waals surface area contributed by atoms with E-state index in [0.29, 0.717) is 18.3 Å². The molecule has 0 saturated heterocycles. The van der Waals surface area contributed by atoms with Crippen molar-refractivity contribution in [1.82, 2.24) is 10.7 Å². The zero-order chi connectivity index (χ0) is 14.8. The topological polar surface area (TPSA) is 54.9 Å². The van der Waals surface area contributed by atoms with Gasteiger partial charge in [-0.25, -0.2) is 0 Å². The molecular formula is C14H21N3O2S. The fraction of sp³-hybridized carbons (Fsp3) is 0.429. The zero-order valence-corrected chi connectivity index (χ0v) is 12.9. The van der Waals surface area contributed by atoms with Crippen molar-refractivity contribution in [3.63, 3.8) is 0 Å². The van der Waals surface area contributed by atoms with Crippen molar-refractivity contribution >= 4 is 23.5 Å². The Morgan fingerprint density at radius 2 is 2.00 bits per heavy atom. The molecule has 0 aliphatic heterocycles. The van der Waals surface area contributed by atoms with Crippen LogP contribution in [0.4, 0.5) is 0 Å². The first-order valence-electron chi connectivity index (χ1n) is 6.67. The molecule has 0 atom stereocenters. The van der Waals surface area contributed by atoms with Crippen LogP contribution in [0.3, 0.4) is 0 Å². The van der Waals surface area contributed by atoms with Gasteiger partial charge in [0.2, 0.25) is 0 Å².